The van der Waals surface area contributed by atoms with Crippen molar-refractivity contribution in [2.45, 2.75) is 30.9 Å². The third-order valence-corrected chi connectivity index (χ3v) is 5.78. The molecule has 0 saturated heterocycles. The van der Waals surface area contributed by atoms with Crippen LogP contribution in [0.1, 0.15) is 30.2 Å². The van der Waals surface area contributed by atoms with Gasteiger partial charge >= 0.3 is 0 Å². The van der Waals surface area contributed by atoms with E-state index < -0.39 is 10.0 Å². The second kappa shape index (κ2) is 4.35. The average Bonchev–Trinajstić information content (AvgIpc) is 2.41. The highest BCUT2D eigenvalue weighted by atomic mass is 32.2. The average molecular weight is 263 g/mol. The topological polar surface area (TPSA) is 57.6 Å². The van der Waals surface area contributed by atoms with E-state index in [4.69, 9.17) is 0 Å². The fourth-order valence-electron chi connectivity index (χ4n) is 1.54. The van der Waals surface area contributed by atoms with Crippen LogP contribution < -0.4 is 0 Å². The van der Waals surface area contributed by atoms with Gasteiger partial charge in [-0.2, -0.15) is 0 Å². The van der Waals surface area contributed by atoms with E-state index in [0.29, 0.717) is 0 Å². The highest BCUT2D eigenvalue weighted by Crippen LogP contribution is 2.42. The lowest BCUT2D eigenvalue weighted by Gasteiger charge is -2.10. The summed E-state index contributed by atoms with van der Waals surface area (Å²) < 4.78 is 25.0. The fraction of sp³-hybridized carbons (Fsp3) is 0.600. The smallest absolute Gasteiger partial charge is 0.255 e. The number of aromatic hydroxyl groups is 1. The first-order chi connectivity index (χ1) is 7.19. The van der Waals surface area contributed by atoms with Gasteiger partial charge in [-0.25, -0.2) is 12.7 Å². The summed E-state index contributed by atoms with van der Waals surface area (Å²) in [4.78, 5) is 0.855. The maximum absolute atomic E-state index is 11.9. The van der Waals surface area contributed by atoms with Crippen molar-refractivity contribution in [2.75, 3.05) is 14.1 Å². The van der Waals surface area contributed by atoms with Crippen molar-refractivity contribution in [1.82, 2.24) is 4.31 Å². The Morgan fingerprint density at radius 2 is 1.81 bits per heavy atom. The molecule has 0 amide bonds. The number of sulfonamides is 1. The monoisotopic (exact) mass is 263 g/mol. The minimum Gasteiger partial charge on any atom is -0.505 e. The molecule has 1 aromatic rings. The predicted molar refractivity (Wildman–Crippen MR) is 65.7 cm³/mol. The van der Waals surface area contributed by atoms with Crippen molar-refractivity contribution < 1.29 is 13.5 Å². The number of thiophene rings is 1. The molecular weight excluding hydrogens is 246 g/mol. The summed E-state index contributed by atoms with van der Waals surface area (Å²) in [5.41, 5.74) is 0.727. The summed E-state index contributed by atoms with van der Waals surface area (Å²) in [6.07, 6.45) is 0. The molecule has 1 aromatic heterocycles. The summed E-state index contributed by atoms with van der Waals surface area (Å²) >= 11 is 1.12. The van der Waals surface area contributed by atoms with Crippen LogP contribution in [0.4, 0.5) is 0 Å². The first-order valence-electron chi connectivity index (χ1n) is 4.94. The van der Waals surface area contributed by atoms with E-state index in [2.05, 4.69) is 0 Å². The molecule has 0 aliphatic rings. The van der Waals surface area contributed by atoms with Crippen LogP contribution in [0.15, 0.2) is 4.21 Å². The molecule has 0 aliphatic carbocycles. The van der Waals surface area contributed by atoms with Gasteiger partial charge in [0, 0.05) is 24.5 Å². The van der Waals surface area contributed by atoms with Gasteiger partial charge in [0.2, 0.25) is 0 Å². The quantitative estimate of drug-likeness (QED) is 0.909. The molecule has 4 nitrogen and oxygen atoms in total. The molecular formula is C10H17NO3S2. The van der Waals surface area contributed by atoms with Crippen LogP contribution in [-0.4, -0.2) is 31.9 Å². The van der Waals surface area contributed by atoms with Crippen molar-refractivity contribution >= 4 is 21.4 Å². The zero-order valence-electron chi connectivity index (χ0n) is 10.1. The van der Waals surface area contributed by atoms with Crippen molar-refractivity contribution in [2.24, 2.45) is 0 Å². The van der Waals surface area contributed by atoms with E-state index in [1.807, 2.05) is 20.8 Å². The fourth-order valence-corrected chi connectivity index (χ4v) is 4.40. The maximum atomic E-state index is 11.9. The van der Waals surface area contributed by atoms with E-state index in [0.717, 1.165) is 26.1 Å². The lowest BCUT2D eigenvalue weighted by molar-refractivity contribution is 0.449. The van der Waals surface area contributed by atoms with E-state index >= 15 is 0 Å². The molecule has 16 heavy (non-hydrogen) atoms. The summed E-state index contributed by atoms with van der Waals surface area (Å²) in [5.74, 6) is 0.0218. The second-order valence-electron chi connectivity index (χ2n) is 4.15. The first kappa shape index (κ1) is 13.5. The normalized spacial score (nSPS) is 12.7. The van der Waals surface area contributed by atoms with Gasteiger partial charge in [0.25, 0.3) is 10.0 Å². The van der Waals surface area contributed by atoms with Gasteiger partial charge in [0.1, 0.15) is 5.75 Å². The van der Waals surface area contributed by atoms with E-state index in [1.54, 1.807) is 0 Å². The number of nitrogens with zero attached hydrogens (tertiary/aromatic N) is 1. The van der Waals surface area contributed by atoms with Crippen LogP contribution in [0.2, 0.25) is 0 Å². The van der Waals surface area contributed by atoms with Gasteiger partial charge < -0.3 is 5.11 Å². The molecule has 1 rings (SSSR count). The Hall–Kier alpha value is -0.590. The van der Waals surface area contributed by atoms with Crippen LogP contribution in [0.5, 0.6) is 5.75 Å². The lowest BCUT2D eigenvalue weighted by Crippen LogP contribution is -2.21. The zero-order chi connectivity index (χ0) is 12.7. The lowest BCUT2D eigenvalue weighted by atomic mass is 10.0. The van der Waals surface area contributed by atoms with E-state index in [-0.39, 0.29) is 15.9 Å². The molecule has 0 atom stereocenters. The SMILES string of the molecule is Cc1sc(S(=O)(=O)N(C)C)c(O)c1C(C)C. The van der Waals surface area contributed by atoms with Gasteiger partial charge in [0.15, 0.2) is 4.21 Å². The molecule has 0 aromatic carbocycles. The predicted octanol–water partition coefficient (Wildman–Crippen LogP) is 2.14. The van der Waals surface area contributed by atoms with E-state index in [9.17, 15) is 13.5 Å². The van der Waals surface area contributed by atoms with Crippen molar-refractivity contribution in [3.8, 4) is 5.75 Å². The molecule has 1 N–H and O–H groups in total. The molecule has 0 saturated carbocycles. The van der Waals surface area contributed by atoms with Gasteiger partial charge in [-0.1, -0.05) is 13.8 Å². The van der Waals surface area contributed by atoms with Crippen molar-refractivity contribution in [3.63, 3.8) is 0 Å². The van der Waals surface area contributed by atoms with E-state index in [1.165, 1.54) is 14.1 Å². The Morgan fingerprint density at radius 1 is 1.31 bits per heavy atom. The standard InChI is InChI=1S/C10H17NO3S2/c1-6(2)8-7(3)15-10(9(8)12)16(13,14)11(4)5/h6,12H,1-5H3. The largest absolute Gasteiger partial charge is 0.505 e. The maximum Gasteiger partial charge on any atom is 0.255 e. The number of hydrogen-bond donors (Lipinski definition) is 1. The molecule has 0 bridgehead atoms. The third kappa shape index (κ3) is 2.09. The number of aryl methyl sites for hydroxylation is 1. The first-order valence-corrected chi connectivity index (χ1v) is 7.20. The van der Waals surface area contributed by atoms with Crippen LogP contribution >= 0.6 is 11.3 Å². The molecule has 1 heterocycles. The molecule has 0 unspecified atom stereocenters. The Bertz CT molecular complexity index is 486. The molecule has 0 fully saturated rings. The second-order valence-corrected chi connectivity index (χ2v) is 7.72. The zero-order valence-corrected chi connectivity index (χ0v) is 11.7. The minimum atomic E-state index is -3.54. The highest BCUT2D eigenvalue weighted by molar-refractivity contribution is 7.91. The highest BCUT2D eigenvalue weighted by Gasteiger charge is 2.28. The molecule has 0 radical (unpaired) electrons. The summed E-state index contributed by atoms with van der Waals surface area (Å²) in [6, 6.07) is 0. The summed E-state index contributed by atoms with van der Waals surface area (Å²) in [7, 11) is -0.626. The Labute approximate surface area is 101 Å². The summed E-state index contributed by atoms with van der Waals surface area (Å²) in [6.45, 7) is 5.69. The summed E-state index contributed by atoms with van der Waals surface area (Å²) in [5, 5.41) is 9.97. The number of rotatable bonds is 3. The van der Waals surface area contributed by atoms with Gasteiger partial charge in [0.05, 0.1) is 0 Å². The molecule has 0 aliphatic heterocycles. The molecule has 0 spiro atoms. The third-order valence-electron chi connectivity index (χ3n) is 2.37. The Balaban J connectivity index is 3.45. The minimum absolute atomic E-state index is 0.0405. The van der Waals surface area contributed by atoms with Crippen molar-refractivity contribution in [3.05, 3.63) is 10.4 Å². The Morgan fingerprint density at radius 3 is 2.12 bits per heavy atom. The van der Waals surface area contributed by atoms with Crippen LogP contribution in [0.3, 0.4) is 0 Å². The van der Waals surface area contributed by atoms with Gasteiger partial charge in [-0.05, 0) is 12.8 Å². The van der Waals surface area contributed by atoms with Crippen LogP contribution in [0.25, 0.3) is 0 Å². The molecule has 92 valence electrons. The van der Waals surface area contributed by atoms with Crippen LogP contribution in [-0.2, 0) is 10.0 Å². The van der Waals surface area contributed by atoms with Crippen LogP contribution in [0, 0.1) is 6.92 Å². The number of hydrogen-bond acceptors (Lipinski definition) is 4. The van der Waals surface area contributed by atoms with Gasteiger partial charge in [-0.15, -0.1) is 11.3 Å². The van der Waals surface area contributed by atoms with Gasteiger partial charge in [-0.3, -0.25) is 0 Å². The Kier molecular flexibility index (Phi) is 3.66. The molecule has 6 heteroatoms. The van der Waals surface area contributed by atoms with Crippen molar-refractivity contribution in [1.29, 1.82) is 0 Å².